The molecule has 0 radical (unpaired) electrons. The van der Waals surface area contributed by atoms with Crippen molar-refractivity contribution in [2.24, 2.45) is 5.92 Å². The predicted octanol–water partition coefficient (Wildman–Crippen LogP) is 2.13. The normalized spacial score (nSPS) is 21.6. The van der Waals surface area contributed by atoms with Crippen molar-refractivity contribution in [3.05, 3.63) is 74.7 Å². The largest absolute Gasteiger partial charge is 0.508 e. The lowest BCUT2D eigenvalue weighted by Gasteiger charge is -2.30. The van der Waals surface area contributed by atoms with E-state index in [4.69, 9.17) is 0 Å². The number of aromatic nitrogens is 1. The second-order valence-corrected chi connectivity index (χ2v) is 9.65. The maximum atomic E-state index is 12.9. The predicted molar refractivity (Wildman–Crippen MR) is 120 cm³/mol. The average molecular weight is 468 g/mol. The van der Waals surface area contributed by atoms with Gasteiger partial charge in [0.25, 0.3) is 0 Å². The smallest absolute Gasteiger partial charge is 0.308 e. The van der Waals surface area contributed by atoms with E-state index in [2.05, 4.69) is 10.6 Å². The standard InChI is InChI=1S/C22H17N3O5S2/c26-13-8-6-11(7-9-13)15-16-17(20(29)24-19(16)28)31-21-18(15)32-22(30)25(21)10-14(27)23-12-4-2-1-3-5-12/h1-9,15-17,26H,10H2,(H,23,27)(H,24,28,29)/t15-,16?,17?/m0/s1. The SMILES string of the molecule is O=C(Cn1c2c(sc1=O)[C@@H](c1ccc(O)cc1)C1C(=O)NC(=O)C1S2)Nc1ccccc1. The van der Waals surface area contributed by atoms with Crippen molar-refractivity contribution >= 4 is 46.5 Å². The van der Waals surface area contributed by atoms with Gasteiger partial charge in [-0.25, -0.2) is 0 Å². The minimum atomic E-state index is -0.703. The second kappa shape index (κ2) is 7.95. The number of amides is 3. The van der Waals surface area contributed by atoms with Crippen molar-refractivity contribution in [1.29, 1.82) is 0 Å². The van der Waals surface area contributed by atoms with Crippen LogP contribution in [0.25, 0.3) is 0 Å². The Balaban J connectivity index is 1.54. The first-order chi connectivity index (χ1) is 15.4. The van der Waals surface area contributed by atoms with Crippen LogP contribution in [0.15, 0.2) is 64.4 Å². The van der Waals surface area contributed by atoms with Crippen LogP contribution in [0.4, 0.5) is 5.69 Å². The Morgan fingerprint density at radius 2 is 1.75 bits per heavy atom. The van der Waals surface area contributed by atoms with Crippen LogP contribution in [0.1, 0.15) is 16.4 Å². The number of nitrogens with zero attached hydrogens (tertiary/aromatic N) is 1. The van der Waals surface area contributed by atoms with Crippen molar-refractivity contribution < 1.29 is 19.5 Å². The number of rotatable bonds is 4. The molecule has 1 fully saturated rings. The summed E-state index contributed by atoms with van der Waals surface area (Å²) in [5.41, 5.74) is 1.33. The molecule has 2 aliphatic heterocycles. The van der Waals surface area contributed by atoms with Gasteiger partial charge in [-0.15, -0.1) is 0 Å². The average Bonchev–Trinajstić information content (AvgIpc) is 3.23. The molecule has 1 aromatic heterocycles. The molecule has 0 bridgehead atoms. The van der Waals surface area contributed by atoms with E-state index in [1.807, 2.05) is 6.07 Å². The van der Waals surface area contributed by atoms with Crippen molar-refractivity contribution in [3.8, 4) is 5.75 Å². The third-order valence-corrected chi connectivity index (χ3v) is 8.12. The number of phenolic OH excluding ortho intramolecular Hbond substituents is 1. The molecular weight excluding hydrogens is 450 g/mol. The summed E-state index contributed by atoms with van der Waals surface area (Å²) in [7, 11) is 0. The van der Waals surface area contributed by atoms with Gasteiger partial charge in [-0.3, -0.25) is 29.1 Å². The Kier molecular flexibility index (Phi) is 5.10. The summed E-state index contributed by atoms with van der Waals surface area (Å²) in [6.45, 7) is -0.207. The first-order valence-corrected chi connectivity index (χ1v) is 11.5. The number of para-hydroxylation sites is 1. The molecule has 2 aliphatic rings. The molecule has 3 atom stereocenters. The number of benzene rings is 2. The molecule has 3 N–H and O–H groups in total. The molecule has 2 aromatic carbocycles. The molecule has 1 saturated heterocycles. The minimum Gasteiger partial charge on any atom is -0.508 e. The van der Waals surface area contributed by atoms with Crippen LogP contribution in [-0.4, -0.2) is 32.6 Å². The molecule has 10 heteroatoms. The lowest BCUT2D eigenvalue weighted by molar-refractivity contribution is -0.126. The van der Waals surface area contributed by atoms with Crippen molar-refractivity contribution in [3.63, 3.8) is 0 Å². The molecule has 8 nitrogen and oxygen atoms in total. The molecule has 3 heterocycles. The monoisotopic (exact) mass is 467 g/mol. The van der Waals surface area contributed by atoms with Gasteiger partial charge in [0.15, 0.2) is 0 Å². The number of nitrogens with one attached hydrogen (secondary N) is 2. The lowest BCUT2D eigenvalue weighted by Crippen LogP contribution is -2.32. The zero-order chi connectivity index (χ0) is 22.4. The zero-order valence-corrected chi connectivity index (χ0v) is 18.1. The Bertz CT molecular complexity index is 1280. The molecule has 3 amide bonds. The minimum absolute atomic E-state index is 0.0750. The van der Waals surface area contributed by atoms with Gasteiger partial charge in [-0.2, -0.15) is 0 Å². The number of thiazole rings is 1. The number of phenols is 1. The van der Waals surface area contributed by atoms with E-state index < -0.39 is 23.0 Å². The van der Waals surface area contributed by atoms with Crippen molar-refractivity contribution in [1.82, 2.24) is 9.88 Å². The number of thioether (sulfide) groups is 1. The van der Waals surface area contributed by atoms with E-state index >= 15 is 0 Å². The Morgan fingerprint density at radius 1 is 1.03 bits per heavy atom. The van der Waals surface area contributed by atoms with Gasteiger partial charge < -0.3 is 10.4 Å². The van der Waals surface area contributed by atoms with Gasteiger partial charge in [0.1, 0.15) is 17.5 Å². The third-order valence-electron chi connectivity index (χ3n) is 5.50. The van der Waals surface area contributed by atoms with Crippen molar-refractivity contribution in [2.75, 3.05) is 5.32 Å². The summed E-state index contributed by atoms with van der Waals surface area (Å²) >= 11 is 2.13. The first kappa shape index (κ1) is 20.5. The van der Waals surface area contributed by atoms with E-state index in [-0.39, 0.29) is 29.0 Å². The lowest BCUT2D eigenvalue weighted by atomic mass is 9.83. The highest BCUT2D eigenvalue weighted by Gasteiger charge is 2.52. The molecular formula is C22H17N3O5S2. The van der Waals surface area contributed by atoms with Crippen molar-refractivity contribution in [2.45, 2.75) is 22.7 Å². The molecule has 2 unspecified atom stereocenters. The summed E-state index contributed by atoms with van der Waals surface area (Å²) in [6, 6.07) is 15.3. The van der Waals surface area contributed by atoms with Crippen LogP contribution >= 0.6 is 23.1 Å². The maximum Gasteiger partial charge on any atom is 0.308 e. The molecule has 0 aliphatic carbocycles. The number of aromatic hydroxyl groups is 1. The van der Waals surface area contributed by atoms with Gasteiger partial charge in [0, 0.05) is 16.5 Å². The molecule has 162 valence electrons. The number of carbonyl (C=O) groups excluding carboxylic acids is 3. The molecule has 3 aromatic rings. The van der Waals surface area contributed by atoms with E-state index in [9.17, 15) is 24.3 Å². The van der Waals surface area contributed by atoms with E-state index in [0.717, 1.165) is 23.1 Å². The quantitative estimate of drug-likeness (QED) is 0.506. The zero-order valence-electron chi connectivity index (χ0n) is 16.5. The third kappa shape index (κ3) is 3.51. The maximum absolute atomic E-state index is 12.9. The van der Waals surface area contributed by atoms with Crippen LogP contribution in [0.5, 0.6) is 5.75 Å². The van der Waals surface area contributed by atoms with Crippen LogP contribution in [0, 0.1) is 5.92 Å². The Hall–Kier alpha value is -3.37. The summed E-state index contributed by atoms with van der Waals surface area (Å²) in [5.74, 6) is -2.28. The summed E-state index contributed by atoms with van der Waals surface area (Å²) in [5, 5.41) is 14.6. The van der Waals surface area contributed by atoms with Crippen LogP contribution < -0.4 is 15.5 Å². The first-order valence-electron chi connectivity index (χ1n) is 9.81. The van der Waals surface area contributed by atoms with Gasteiger partial charge in [-0.05, 0) is 29.8 Å². The number of hydrogen-bond acceptors (Lipinski definition) is 7. The molecule has 32 heavy (non-hydrogen) atoms. The fourth-order valence-electron chi connectivity index (χ4n) is 4.08. The van der Waals surface area contributed by atoms with Gasteiger partial charge in [0.2, 0.25) is 17.7 Å². The second-order valence-electron chi connectivity index (χ2n) is 7.52. The topological polar surface area (TPSA) is 118 Å². The van der Waals surface area contributed by atoms with E-state index in [1.165, 1.54) is 16.7 Å². The molecule has 0 saturated carbocycles. The van der Waals surface area contributed by atoms with Gasteiger partial charge >= 0.3 is 4.87 Å². The number of imide groups is 1. The van der Waals surface area contributed by atoms with Gasteiger partial charge in [0.05, 0.1) is 10.9 Å². The highest BCUT2D eigenvalue weighted by Crippen LogP contribution is 2.51. The fraction of sp³-hybridized carbons (Fsp3) is 0.182. The highest BCUT2D eigenvalue weighted by molar-refractivity contribution is 8.00. The number of hydrogen-bond donors (Lipinski definition) is 3. The summed E-state index contributed by atoms with van der Waals surface area (Å²) in [4.78, 5) is 50.9. The summed E-state index contributed by atoms with van der Waals surface area (Å²) in [6.07, 6.45) is 0. The fourth-order valence-corrected chi connectivity index (χ4v) is 6.82. The number of carbonyl (C=O) groups is 3. The van der Waals surface area contributed by atoms with E-state index in [1.54, 1.807) is 36.4 Å². The highest BCUT2D eigenvalue weighted by atomic mass is 32.2. The van der Waals surface area contributed by atoms with Crippen LogP contribution in [-0.2, 0) is 20.9 Å². The Morgan fingerprint density at radius 3 is 2.47 bits per heavy atom. The molecule has 0 spiro atoms. The van der Waals surface area contributed by atoms with E-state index in [0.29, 0.717) is 21.2 Å². The number of anilines is 1. The summed E-state index contributed by atoms with van der Waals surface area (Å²) < 4.78 is 1.36. The van der Waals surface area contributed by atoms with Crippen LogP contribution in [0.2, 0.25) is 0 Å². The Labute approximate surface area is 190 Å². The number of fused-ring (bicyclic) bond motifs is 2. The van der Waals surface area contributed by atoms with Gasteiger partial charge in [-0.1, -0.05) is 53.4 Å². The van der Waals surface area contributed by atoms with Crippen LogP contribution in [0.3, 0.4) is 0 Å². The molecule has 5 rings (SSSR count).